The summed E-state index contributed by atoms with van der Waals surface area (Å²) in [6.07, 6.45) is 1.78. The summed E-state index contributed by atoms with van der Waals surface area (Å²) in [4.78, 5) is 0. The van der Waals surface area contributed by atoms with Gasteiger partial charge in [0.05, 0.1) is 11.4 Å². The van der Waals surface area contributed by atoms with Crippen LogP contribution in [0, 0.1) is 18.8 Å². The van der Waals surface area contributed by atoms with Gasteiger partial charge >= 0.3 is 0 Å². The standard InChI is InChI=1S/C18H28N4O/c1-10(2)6-13-9-15(19)18(14(17(13)20)7-11(3)4)21-16-8-12(5)23-22-16/h8-11H,6-7,19-20H2,1-5H3,(H,21,22). The molecule has 5 N–H and O–H groups in total. The molecule has 0 radical (unpaired) electrons. The molecule has 0 unspecified atom stereocenters. The summed E-state index contributed by atoms with van der Waals surface area (Å²) in [6, 6.07) is 3.82. The maximum atomic E-state index is 6.47. The van der Waals surface area contributed by atoms with Gasteiger partial charge in [-0.25, -0.2) is 0 Å². The second-order valence-corrected chi connectivity index (χ2v) is 7.04. The Balaban J connectivity index is 2.48. The van der Waals surface area contributed by atoms with Gasteiger partial charge in [-0.15, -0.1) is 0 Å². The lowest BCUT2D eigenvalue weighted by molar-refractivity contribution is 0.400. The Morgan fingerprint density at radius 3 is 2.26 bits per heavy atom. The van der Waals surface area contributed by atoms with E-state index in [2.05, 4.69) is 38.2 Å². The maximum Gasteiger partial charge on any atom is 0.174 e. The van der Waals surface area contributed by atoms with Gasteiger partial charge in [-0.1, -0.05) is 32.9 Å². The first-order valence-corrected chi connectivity index (χ1v) is 8.18. The average molecular weight is 316 g/mol. The molecule has 0 spiro atoms. The number of nitrogens with one attached hydrogen (secondary N) is 1. The number of hydrogen-bond acceptors (Lipinski definition) is 5. The number of benzene rings is 1. The Morgan fingerprint density at radius 1 is 1.09 bits per heavy atom. The van der Waals surface area contributed by atoms with Crippen molar-refractivity contribution in [2.75, 3.05) is 16.8 Å². The Labute approximate surface area is 138 Å². The van der Waals surface area contributed by atoms with Crippen molar-refractivity contribution in [1.29, 1.82) is 0 Å². The average Bonchev–Trinajstić information content (AvgIpc) is 2.84. The summed E-state index contributed by atoms with van der Waals surface area (Å²) >= 11 is 0. The first kappa shape index (κ1) is 17.2. The zero-order valence-corrected chi connectivity index (χ0v) is 14.7. The lowest BCUT2D eigenvalue weighted by Crippen LogP contribution is -2.11. The normalized spacial score (nSPS) is 11.4. The van der Waals surface area contributed by atoms with Gasteiger partial charge < -0.3 is 21.3 Å². The zero-order chi connectivity index (χ0) is 17.1. The molecule has 0 aliphatic rings. The summed E-state index contributed by atoms with van der Waals surface area (Å²) in [5.41, 5.74) is 17.4. The van der Waals surface area contributed by atoms with Crippen LogP contribution in [0.15, 0.2) is 16.7 Å². The number of nitrogens with two attached hydrogens (primary N) is 2. The number of anilines is 4. The molecule has 0 aliphatic heterocycles. The molecule has 5 nitrogen and oxygen atoms in total. The Bertz CT molecular complexity index is 674. The molecular formula is C18H28N4O. The lowest BCUT2D eigenvalue weighted by atomic mass is 9.92. The molecule has 2 aromatic rings. The van der Waals surface area contributed by atoms with Gasteiger partial charge in [0.15, 0.2) is 5.82 Å². The van der Waals surface area contributed by atoms with Crippen molar-refractivity contribution in [3.63, 3.8) is 0 Å². The molecule has 23 heavy (non-hydrogen) atoms. The van der Waals surface area contributed by atoms with Gasteiger partial charge in [0.25, 0.3) is 0 Å². The summed E-state index contributed by atoms with van der Waals surface area (Å²) < 4.78 is 5.12. The number of aromatic nitrogens is 1. The number of aryl methyl sites for hydroxylation is 1. The molecular weight excluding hydrogens is 288 g/mol. The van der Waals surface area contributed by atoms with Crippen LogP contribution in [0.2, 0.25) is 0 Å². The fraction of sp³-hybridized carbons (Fsp3) is 0.500. The molecule has 1 heterocycles. The van der Waals surface area contributed by atoms with E-state index < -0.39 is 0 Å². The topological polar surface area (TPSA) is 90.1 Å². The van der Waals surface area contributed by atoms with E-state index in [1.165, 1.54) is 0 Å². The van der Waals surface area contributed by atoms with E-state index in [9.17, 15) is 0 Å². The Morgan fingerprint density at radius 2 is 1.74 bits per heavy atom. The summed E-state index contributed by atoms with van der Waals surface area (Å²) in [6.45, 7) is 10.6. The predicted molar refractivity (Wildman–Crippen MR) is 96.9 cm³/mol. The number of hydrogen-bond donors (Lipinski definition) is 3. The molecule has 0 fully saturated rings. The highest BCUT2D eigenvalue weighted by atomic mass is 16.5. The zero-order valence-electron chi connectivity index (χ0n) is 14.7. The fourth-order valence-electron chi connectivity index (χ4n) is 2.77. The van der Waals surface area contributed by atoms with Crippen molar-refractivity contribution in [1.82, 2.24) is 5.16 Å². The summed E-state index contributed by atoms with van der Waals surface area (Å²) in [5.74, 6) is 2.40. The van der Waals surface area contributed by atoms with Crippen molar-refractivity contribution in [2.24, 2.45) is 11.8 Å². The van der Waals surface area contributed by atoms with Crippen LogP contribution in [0.5, 0.6) is 0 Å². The minimum Gasteiger partial charge on any atom is -0.398 e. The van der Waals surface area contributed by atoms with Gasteiger partial charge in [-0.2, -0.15) is 0 Å². The first-order valence-electron chi connectivity index (χ1n) is 8.18. The van der Waals surface area contributed by atoms with Crippen molar-refractivity contribution >= 4 is 22.9 Å². The largest absolute Gasteiger partial charge is 0.398 e. The van der Waals surface area contributed by atoms with E-state index in [4.69, 9.17) is 16.0 Å². The van der Waals surface area contributed by atoms with Crippen LogP contribution in [-0.4, -0.2) is 5.16 Å². The van der Waals surface area contributed by atoms with E-state index in [1.54, 1.807) is 0 Å². The van der Waals surface area contributed by atoms with E-state index in [0.717, 1.165) is 41.1 Å². The number of nitrogens with zero attached hydrogens (tertiary/aromatic N) is 1. The second-order valence-electron chi connectivity index (χ2n) is 7.04. The molecule has 126 valence electrons. The maximum absolute atomic E-state index is 6.47. The monoisotopic (exact) mass is 316 g/mol. The molecule has 0 aliphatic carbocycles. The van der Waals surface area contributed by atoms with Crippen LogP contribution in [0.25, 0.3) is 0 Å². The summed E-state index contributed by atoms with van der Waals surface area (Å²) in [5, 5.41) is 7.27. The molecule has 5 heteroatoms. The van der Waals surface area contributed by atoms with Crippen LogP contribution < -0.4 is 16.8 Å². The number of rotatable bonds is 6. The highest BCUT2D eigenvalue weighted by molar-refractivity contribution is 5.82. The Kier molecular flexibility index (Phi) is 5.19. The fourth-order valence-corrected chi connectivity index (χ4v) is 2.77. The lowest BCUT2D eigenvalue weighted by Gasteiger charge is -2.21. The third kappa shape index (κ3) is 4.18. The van der Waals surface area contributed by atoms with Crippen LogP contribution >= 0.6 is 0 Å². The van der Waals surface area contributed by atoms with Crippen LogP contribution in [0.4, 0.5) is 22.9 Å². The predicted octanol–water partition coefficient (Wildman–Crippen LogP) is 4.29. The highest BCUT2D eigenvalue weighted by Gasteiger charge is 2.17. The molecule has 0 amide bonds. The van der Waals surface area contributed by atoms with Crippen molar-refractivity contribution in [2.45, 2.75) is 47.5 Å². The minimum absolute atomic E-state index is 0.477. The molecule has 0 atom stereocenters. The van der Waals surface area contributed by atoms with Crippen LogP contribution in [0.3, 0.4) is 0 Å². The van der Waals surface area contributed by atoms with Gasteiger partial charge in [0.2, 0.25) is 0 Å². The molecule has 0 bridgehead atoms. The third-order valence-electron chi connectivity index (χ3n) is 3.71. The van der Waals surface area contributed by atoms with Crippen molar-refractivity contribution in [3.8, 4) is 0 Å². The first-order chi connectivity index (χ1) is 10.8. The van der Waals surface area contributed by atoms with Crippen LogP contribution in [-0.2, 0) is 12.8 Å². The second kappa shape index (κ2) is 6.94. The highest BCUT2D eigenvalue weighted by Crippen LogP contribution is 2.36. The van der Waals surface area contributed by atoms with E-state index in [0.29, 0.717) is 23.3 Å². The van der Waals surface area contributed by atoms with Gasteiger partial charge in [-0.3, -0.25) is 0 Å². The smallest absolute Gasteiger partial charge is 0.174 e. The third-order valence-corrected chi connectivity index (χ3v) is 3.71. The molecule has 1 aromatic heterocycles. The van der Waals surface area contributed by atoms with Crippen LogP contribution in [0.1, 0.15) is 44.6 Å². The van der Waals surface area contributed by atoms with Crippen molar-refractivity contribution < 1.29 is 4.52 Å². The molecule has 2 rings (SSSR count). The van der Waals surface area contributed by atoms with E-state index in [-0.39, 0.29) is 0 Å². The molecule has 0 saturated carbocycles. The minimum atomic E-state index is 0.477. The van der Waals surface area contributed by atoms with Gasteiger partial charge in [0.1, 0.15) is 5.76 Å². The SMILES string of the molecule is Cc1cc(Nc2c(N)cc(CC(C)C)c(N)c2CC(C)C)no1. The van der Waals surface area contributed by atoms with Crippen molar-refractivity contribution in [3.05, 3.63) is 29.0 Å². The van der Waals surface area contributed by atoms with Gasteiger partial charge in [0, 0.05) is 17.3 Å². The molecule has 1 aromatic carbocycles. The molecule has 0 saturated heterocycles. The summed E-state index contributed by atoms with van der Waals surface area (Å²) in [7, 11) is 0. The Hall–Kier alpha value is -2.17. The van der Waals surface area contributed by atoms with E-state index >= 15 is 0 Å². The van der Waals surface area contributed by atoms with Gasteiger partial charge in [-0.05, 0) is 43.2 Å². The number of nitrogen functional groups attached to an aromatic ring is 2. The quantitative estimate of drug-likeness (QED) is 0.692. The van der Waals surface area contributed by atoms with E-state index in [1.807, 2.05) is 19.1 Å².